The summed E-state index contributed by atoms with van der Waals surface area (Å²) < 4.78 is 13.4. The maximum absolute atomic E-state index is 13.4. The Kier molecular flexibility index (Phi) is 4.73. The third-order valence-electron chi connectivity index (χ3n) is 4.98. The first-order chi connectivity index (χ1) is 13.4. The summed E-state index contributed by atoms with van der Waals surface area (Å²) in [5.41, 5.74) is -0.741. The van der Waals surface area contributed by atoms with Crippen LogP contribution in [0.4, 0.5) is 26.2 Å². The largest absolute Gasteiger partial charge is 0.465 e. The lowest BCUT2D eigenvalue weighted by Crippen LogP contribution is -2.48. The minimum absolute atomic E-state index is 0.243. The smallest absolute Gasteiger partial charge is 0.412 e. The Bertz CT molecular complexity index is 1010. The first kappa shape index (κ1) is 20.5. The Labute approximate surface area is 168 Å². The molecule has 3 rings (SSSR count). The van der Waals surface area contributed by atoms with Crippen molar-refractivity contribution in [2.45, 2.75) is 40.2 Å². The van der Waals surface area contributed by atoms with Gasteiger partial charge in [-0.15, -0.1) is 0 Å². The molecule has 0 fully saturated rings. The van der Waals surface area contributed by atoms with Crippen molar-refractivity contribution in [2.75, 3.05) is 9.80 Å². The summed E-state index contributed by atoms with van der Waals surface area (Å²) in [6.45, 7) is 8.31. The van der Waals surface area contributed by atoms with E-state index in [0.717, 1.165) is 0 Å². The molecule has 1 N–H and O–H groups in total. The first-order valence-electron chi connectivity index (χ1n) is 9.18. The van der Waals surface area contributed by atoms with Gasteiger partial charge in [0.05, 0.1) is 5.69 Å². The van der Waals surface area contributed by atoms with Crippen LogP contribution in [0, 0.1) is 11.2 Å². The number of ketones is 1. The Hall–Kier alpha value is -3.22. The number of hydrogen-bond donors (Lipinski definition) is 1. The highest BCUT2D eigenvalue weighted by atomic mass is 19.1. The van der Waals surface area contributed by atoms with Gasteiger partial charge in [0, 0.05) is 22.5 Å². The number of carbonyl (C=O) groups is 3. The summed E-state index contributed by atoms with van der Waals surface area (Å²) in [6, 6.07) is 10.0. The third-order valence-corrected chi connectivity index (χ3v) is 4.98. The van der Waals surface area contributed by atoms with Gasteiger partial charge in [0.15, 0.2) is 5.78 Å². The lowest BCUT2D eigenvalue weighted by Gasteiger charge is -2.39. The number of carbonyl (C=O) groups excluding carboxylic acids is 2. The molecule has 6 nitrogen and oxygen atoms in total. The molecular formula is C22H23FN2O4. The highest BCUT2D eigenvalue weighted by Gasteiger charge is 2.47. The van der Waals surface area contributed by atoms with Crippen LogP contribution in [0.3, 0.4) is 0 Å². The predicted molar refractivity (Wildman–Crippen MR) is 108 cm³/mol. The van der Waals surface area contributed by atoms with Crippen molar-refractivity contribution in [2.24, 2.45) is 5.41 Å². The molecule has 0 saturated carbocycles. The second kappa shape index (κ2) is 6.69. The summed E-state index contributed by atoms with van der Waals surface area (Å²) >= 11 is 0. The molecule has 0 aromatic heterocycles. The van der Waals surface area contributed by atoms with Crippen molar-refractivity contribution in [3.05, 3.63) is 53.8 Å². The van der Waals surface area contributed by atoms with E-state index in [-0.39, 0.29) is 5.56 Å². The van der Waals surface area contributed by atoms with Gasteiger partial charge in [-0.1, -0.05) is 0 Å². The number of Topliss-reactive ketones (excluding diaryl/α,β-unsaturated/α-hetero) is 1. The Morgan fingerprint density at radius 2 is 1.66 bits per heavy atom. The molecule has 0 saturated heterocycles. The number of hydrogen-bond acceptors (Lipinski definition) is 3. The standard InChI is InChI=1S/C22H23FN2O4/c1-21(2,3)25(20(28)29)15-10-11-17-16(12-15)18(26)22(4,5)19(27)24(17)14-8-6-13(23)7-9-14/h6-12H,1-5H3,(H,28,29). The monoisotopic (exact) mass is 398 g/mol. The fourth-order valence-electron chi connectivity index (χ4n) is 3.49. The Balaban J connectivity index is 2.23. The number of nitrogens with zero attached hydrogens (tertiary/aromatic N) is 2. The van der Waals surface area contributed by atoms with Gasteiger partial charge in [0.2, 0.25) is 5.91 Å². The first-order valence-corrected chi connectivity index (χ1v) is 9.18. The SMILES string of the molecule is CC1(C)C(=O)c2cc(N(C(=O)O)C(C)(C)C)ccc2N(c2ccc(F)cc2)C1=O. The van der Waals surface area contributed by atoms with Gasteiger partial charge in [-0.2, -0.15) is 0 Å². The molecular weight excluding hydrogens is 375 g/mol. The van der Waals surface area contributed by atoms with Gasteiger partial charge >= 0.3 is 6.09 Å². The lowest BCUT2D eigenvalue weighted by molar-refractivity contribution is -0.124. The maximum Gasteiger partial charge on any atom is 0.412 e. The van der Waals surface area contributed by atoms with E-state index in [4.69, 9.17) is 0 Å². The van der Waals surface area contributed by atoms with Crippen molar-refractivity contribution < 1.29 is 23.9 Å². The summed E-state index contributed by atoms with van der Waals surface area (Å²) in [6.07, 6.45) is -1.15. The van der Waals surface area contributed by atoms with Crippen molar-refractivity contribution in [3.63, 3.8) is 0 Å². The van der Waals surface area contributed by atoms with E-state index in [1.165, 1.54) is 54.0 Å². The topological polar surface area (TPSA) is 77.9 Å². The van der Waals surface area contributed by atoms with Gasteiger partial charge in [-0.05, 0) is 77.1 Å². The zero-order valence-corrected chi connectivity index (χ0v) is 17.0. The van der Waals surface area contributed by atoms with E-state index in [2.05, 4.69) is 0 Å². The number of rotatable bonds is 2. The predicted octanol–water partition coefficient (Wildman–Crippen LogP) is 5.00. The number of halogens is 1. The van der Waals surface area contributed by atoms with Crippen LogP contribution in [-0.2, 0) is 4.79 Å². The number of benzene rings is 2. The molecule has 2 amide bonds. The molecule has 0 bridgehead atoms. The Morgan fingerprint density at radius 3 is 2.17 bits per heavy atom. The maximum atomic E-state index is 13.4. The molecule has 1 heterocycles. The molecule has 0 unspecified atom stereocenters. The quantitative estimate of drug-likeness (QED) is 0.723. The van der Waals surface area contributed by atoms with Crippen LogP contribution < -0.4 is 9.80 Å². The van der Waals surface area contributed by atoms with E-state index < -0.39 is 34.6 Å². The van der Waals surface area contributed by atoms with E-state index >= 15 is 0 Å². The summed E-state index contributed by atoms with van der Waals surface area (Å²) in [7, 11) is 0. The summed E-state index contributed by atoms with van der Waals surface area (Å²) in [5.74, 6) is -1.26. The zero-order valence-electron chi connectivity index (χ0n) is 17.0. The van der Waals surface area contributed by atoms with Gasteiger partial charge < -0.3 is 5.11 Å². The average Bonchev–Trinajstić information content (AvgIpc) is 2.61. The molecule has 2 aromatic rings. The lowest BCUT2D eigenvalue weighted by atomic mass is 9.78. The molecule has 0 aliphatic carbocycles. The highest BCUT2D eigenvalue weighted by molar-refractivity contribution is 6.26. The van der Waals surface area contributed by atoms with Crippen LogP contribution in [0.5, 0.6) is 0 Å². The second-order valence-corrected chi connectivity index (χ2v) is 8.56. The molecule has 0 radical (unpaired) electrons. The van der Waals surface area contributed by atoms with Crippen LogP contribution in [0.2, 0.25) is 0 Å². The van der Waals surface area contributed by atoms with Crippen molar-refractivity contribution in [1.82, 2.24) is 0 Å². The molecule has 7 heteroatoms. The van der Waals surface area contributed by atoms with Crippen LogP contribution >= 0.6 is 0 Å². The molecule has 0 atom stereocenters. The molecule has 1 aliphatic rings. The minimum Gasteiger partial charge on any atom is -0.465 e. The number of anilines is 3. The zero-order chi connectivity index (χ0) is 21.7. The molecule has 29 heavy (non-hydrogen) atoms. The number of amides is 2. The van der Waals surface area contributed by atoms with E-state index in [0.29, 0.717) is 17.1 Å². The van der Waals surface area contributed by atoms with Crippen molar-refractivity contribution >= 4 is 34.8 Å². The molecule has 0 spiro atoms. The van der Waals surface area contributed by atoms with E-state index in [1.54, 1.807) is 32.9 Å². The fourth-order valence-corrected chi connectivity index (χ4v) is 3.49. The molecule has 152 valence electrons. The molecule has 2 aromatic carbocycles. The number of carboxylic acid groups (broad SMARTS) is 1. The van der Waals surface area contributed by atoms with Crippen molar-refractivity contribution in [1.29, 1.82) is 0 Å². The van der Waals surface area contributed by atoms with Crippen LogP contribution in [-0.4, -0.2) is 28.4 Å². The van der Waals surface area contributed by atoms with Crippen LogP contribution in [0.15, 0.2) is 42.5 Å². The van der Waals surface area contributed by atoms with Gasteiger partial charge in [-0.25, -0.2) is 9.18 Å². The van der Waals surface area contributed by atoms with Gasteiger partial charge in [0.25, 0.3) is 0 Å². The van der Waals surface area contributed by atoms with E-state index in [9.17, 15) is 23.9 Å². The average molecular weight is 398 g/mol. The van der Waals surface area contributed by atoms with Crippen LogP contribution in [0.25, 0.3) is 0 Å². The third kappa shape index (κ3) is 3.37. The van der Waals surface area contributed by atoms with Crippen LogP contribution in [0.1, 0.15) is 45.0 Å². The van der Waals surface area contributed by atoms with Crippen molar-refractivity contribution in [3.8, 4) is 0 Å². The van der Waals surface area contributed by atoms with Gasteiger partial charge in [-0.3, -0.25) is 19.4 Å². The summed E-state index contributed by atoms with van der Waals surface area (Å²) in [5, 5.41) is 9.67. The molecule has 1 aliphatic heterocycles. The fraction of sp³-hybridized carbons (Fsp3) is 0.318. The minimum atomic E-state index is -1.35. The second-order valence-electron chi connectivity index (χ2n) is 8.56. The Morgan fingerprint density at radius 1 is 1.07 bits per heavy atom. The highest BCUT2D eigenvalue weighted by Crippen LogP contribution is 2.43. The van der Waals surface area contributed by atoms with E-state index in [1.807, 2.05) is 0 Å². The number of fused-ring (bicyclic) bond motifs is 1. The normalized spacial score (nSPS) is 15.9. The summed E-state index contributed by atoms with van der Waals surface area (Å²) in [4.78, 5) is 40.6. The van der Waals surface area contributed by atoms with Gasteiger partial charge in [0.1, 0.15) is 11.2 Å².